The fraction of sp³-hybridized carbons (Fsp3) is 0.579. The monoisotopic (exact) mass is 407 g/mol. The van der Waals surface area contributed by atoms with Gasteiger partial charge in [0.15, 0.2) is 0 Å². The Balaban J connectivity index is 1.82. The first kappa shape index (κ1) is 20.5. The van der Waals surface area contributed by atoms with E-state index >= 15 is 0 Å². The summed E-state index contributed by atoms with van der Waals surface area (Å²) < 4.78 is 5.23. The van der Waals surface area contributed by atoms with E-state index in [9.17, 15) is 0 Å². The van der Waals surface area contributed by atoms with Crippen molar-refractivity contribution in [3.8, 4) is 5.75 Å². The maximum atomic E-state index is 6.27. The molecule has 154 valence electrons. The van der Waals surface area contributed by atoms with Crippen LogP contribution in [0.2, 0.25) is 5.02 Å². The van der Waals surface area contributed by atoms with Crippen molar-refractivity contribution in [1.29, 1.82) is 0 Å². The summed E-state index contributed by atoms with van der Waals surface area (Å²) in [5.41, 5.74) is 0.860. The summed E-state index contributed by atoms with van der Waals surface area (Å²) in [6.45, 7) is 6.17. The largest absolute Gasteiger partial charge is 0.495 e. The lowest BCUT2D eigenvalue weighted by Gasteiger charge is -2.36. The molecule has 2 heterocycles. The van der Waals surface area contributed by atoms with Crippen LogP contribution >= 0.6 is 11.6 Å². The van der Waals surface area contributed by atoms with Gasteiger partial charge < -0.3 is 25.6 Å². The molecule has 28 heavy (non-hydrogen) atoms. The number of ether oxygens (including phenoxy) is 1. The van der Waals surface area contributed by atoms with Crippen LogP contribution in [0.1, 0.15) is 26.7 Å². The molecule has 0 bridgehead atoms. The summed E-state index contributed by atoms with van der Waals surface area (Å²) in [5.74, 6) is 2.16. The van der Waals surface area contributed by atoms with Gasteiger partial charge in [-0.05, 0) is 58.0 Å². The van der Waals surface area contributed by atoms with Crippen LogP contribution in [-0.2, 0) is 0 Å². The SMILES string of the molecule is COc1ccc(NC2N=C(NC(C)C)NC(=NC3CCNCC3)N2C)cc1Cl. The van der Waals surface area contributed by atoms with Crippen LogP contribution in [0.4, 0.5) is 5.69 Å². The molecule has 3 rings (SSSR count). The number of hydrogen-bond donors (Lipinski definition) is 4. The zero-order chi connectivity index (χ0) is 20.1. The molecule has 0 aromatic heterocycles. The highest BCUT2D eigenvalue weighted by atomic mass is 35.5. The average Bonchev–Trinajstić information content (AvgIpc) is 2.66. The van der Waals surface area contributed by atoms with Crippen LogP contribution in [0, 0.1) is 0 Å². The standard InChI is InChI=1S/C19H30ClN7O/c1-12(2)22-17-25-18(23-13-7-9-21-10-8-13)27(3)19(26-17)24-14-5-6-16(28-4)15(20)11-14/h5-6,11-13,19,21,24H,7-10H2,1-4H3,(H2,22,23,25,26). The number of halogens is 1. The lowest BCUT2D eigenvalue weighted by molar-refractivity contribution is 0.378. The van der Waals surface area contributed by atoms with E-state index in [2.05, 4.69) is 35.1 Å². The van der Waals surface area contributed by atoms with E-state index in [0.717, 1.165) is 37.6 Å². The highest BCUT2D eigenvalue weighted by Crippen LogP contribution is 2.28. The van der Waals surface area contributed by atoms with Crippen molar-refractivity contribution in [2.45, 2.75) is 45.1 Å². The molecule has 0 radical (unpaired) electrons. The van der Waals surface area contributed by atoms with Gasteiger partial charge in [0.05, 0.1) is 18.2 Å². The van der Waals surface area contributed by atoms with Crippen molar-refractivity contribution >= 4 is 29.2 Å². The summed E-state index contributed by atoms with van der Waals surface area (Å²) in [6, 6.07) is 6.17. The second-order valence-corrected chi connectivity index (χ2v) is 7.72. The van der Waals surface area contributed by atoms with Gasteiger partial charge >= 0.3 is 0 Å². The van der Waals surface area contributed by atoms with Gasteiger partial charge in [-0.25, -0.2) is 9.98 Å². The summed E-state index contributed by atoms with van der Waals surface area (Å²) in [6.07, 6.45) is 1.76. The number of hydrogen-bond acceptors (Lipinski definition) is 6. The summed E-state index contributed by atoms with van der Waals surface area (Å²) in [7, 11) is 3.58. The number of nitrogens with one attached hydrogen (secondary N) is 4. The average molecular weight is 408 g/mol. The number of piperidine rings is 1. The lowest BCUT2D eigenvalue weighted by atomic mass is 10.1. The van der Waals surface area contributed by atoms with Crippen LogP contribution in [0.3, 0.4) is 0 Å². The first-order valence-corrected chi connectivity index (χ1v) is 10.1. The first-order valence-electron chi connectivity index (χ1n) is 9.69. The molecule has 0 aliphatic carbocycles. The Labute approximate surface area is 171 Å². The van der Waals surface area contributed by atoms with Gasteiger partial charge in [0.2, 0.25) is 18.2 Å². The molecular weight excluding hydrogens is 378 g/mol. The third-order valence-electron chi connectivity index (χ3n) is 4.67. The predicted octanol–water partition coefficient (Wildman–Crippen LogP) is 2.04. The summed E-state index contributed by atoms with van der Waals surface area (Å²) in [4.78, 5) is 11.7. The molecule has 0 amide bonds. The van der Waals surface area contributed by atoms with Gasteiger partial charge in [-0.2, -0.15) is 0 Å². The number of benzene rings is 1. The zero-order valence-corrected chi connectivity index (χ0v) is 17.7. The Morgan fingerprint density at radius 2 is 2.07 bits per heavy atom. The smallest absolute Gasteiger partial charge is 0.203 e. The molecule has 9 heteroatoms. The van der Waals surface area contributed by atoms with Gasteiger partial charge in [-0.15, -0.1) is 0 Å². The van der Waals surface area contributed by atoms with Crippen LogP contribution in [-0.4, -0.2) is 62.4 Å². The van der Waals surface area contributed by atoms with Crippen molar-refractivity contribution in [3.05, 3.63) is 23.2 Å². The minimum Gasteiger partial charge on any atom is -0.495 e. The van der Waals surface area contributed by atoms with E-state index in [-0.39, 0.29) is 12.3 Å². The molecule has 1 unspecified atom stereocenters. The molecule has 0 saturated carbocycles. The van der Waals surface area contributed by atoms with Crippen molar-refractivity contribution in [2.24, 2.45) is 9.98 Å². The topological polar surface area (TPSA) is 85.3 Å². The lowest BCUT2D eigenvalue weighted by Crippen LogP contribution is -2.58. The van der Waals surface area contributed by atoms with Crippen LogP contribution in [0.25, 0.3) is 0 Å². The first-order chi connectivity index (χ1) is 13.5. The number of anilines is 1. The quantitative estimate of drug-likeness (QED) is 0.597. The Hall–Kier alpha value is -2.19. The molecule has 1 aromatic carbocycles. The molecule has 1 aromatic rings. The van der Waals surface area contributed by atoms with Crippen molar-refractivity contribution < 1.29 is 4.74 Å². The Kier molecular flexibility index (Phi) is 6.85. The zero-order valence-electron chi connectivity index (χ0n) is 16.9. The number of nitrogens with zero attached hydrogens (tertiary/aromatic N) is 3. The van der Waals surface area contributed by atoms with Crippen LogP contribution < -0.4 is 26.0 Å². The maximum absolute atomic E-state index is 6.27. The Morgan fingerprint density at radius 1 is 1.32 bits per heavy atom. The van der Waals surface area contributed by atoms with Crippen molar-refractivity contribution in [1.82, 2.24) is 20.9 Å². The van der Waals surface area contributed by atoms with E-state index < -0.39 is 0 Å². The Morgan fingerprint density at radius 3 is 2.71 bits per heavy atom. The van der Waals surface area contributed by atoms with Crippen LogP contribution in [0.5, 0.6) is 5.75 Å². The molecule has 2 aliphatic rings. The fourth-order valence-corrected chi connectivity index (χ4v) is 3.42. The number of guanidine groups is 2. The summed E-state index contributed by atoms with van der Waals surface area (Å²) in [5, 5.41) is 14.0. The minimum atomic E-state index is -0.313. The highest BCUT2D eigenvalue weighted by Gasteiger charge is 2.26. The molecule has 2 aliphatic heterocycles. The van der Waals surface area contributed by atoms with Gasteiger partial charge in [-0.3, -0.25) is 5.32 Å². The van der Waals surface area contributed by atoms with Gasteiger partial charge in [0.1, 0.15) is 5.75 Å². The van der Waals surface area contributed by atoms with E-state index in [0.29, 0.717) is 22.8 Å². The number of methoxy groups -OCH3 is 1. The van der Waals surface area contributed by atoms with Crippen molar-refractivity contribution in [3.63, 3.8) is 0 Å². The molecular formula is C19H30ClN7O. The third-order valence-corrected chi connectivity index (χ3v) is 4.96. The predicted molar refractivity (Wildman–Crippen MR) is 115 cm³/mol. The van der Waals surface area contributed by atoms with E-state index in [1.165, 1.54) is 0 Å². The van der Waals surface area contributed by atoms with Crippen molar-refractivity contribution in [2.75, 3.05) is 32.6 Å². The normalized spacial score (nSPS) is 22.1. The molecule has 1 atom stereocenters. The Bertz CT molecular complexity index is 731. The molecule has 8 nitrogen and oxygen atoms in total. The molecule has 4 N–H and O–H groups in total. The highest BCUT2D eigenvalue weighted by molar-refractivity contribution is 6.32. The van der Waals surface area contributed by atoms with E-state index in [4.69, 9.17) is 26.3 Å². The molecule has 1 saturated heterocycles. The van der Waals surface area contributed by atoms with Crippen LogP contribution in [0.15, 0.2) is 28.2 Å². The second kappa shape index (κ2) is 9.34. The number of aliphatic imine (C=N–C) groups is 2. The third kappa shape index (κ3) is 5.20. The molecule has 0 spiro atoms. The van der Waals surface area contributed by atoms with E-state index in [1.54, 1.807) is 7.11 Å². The van der Waals surface area contributed by atoms with Gasteiger partial charge in [0, 0.05) is 18.8 Å². The number of rotatable bonds is 5. The fourth-order valence-electron chi connectivity index (χ4n) is 3.16. The summed E-state index contributed by atoms with van der Waals surface area (Å²) >= 11 is 6.27. The molecule has 1 fully saturated rings. The minimum absolute atomic E-state index is 0.255. The van der Waals surface area contributed by atoms with Gasteiger partial charge in [0.25, 0.3) is 0 Å². The second-order valence-electron chi connectivity index (χ2n) is 7.31. The van der Waals surface area contributed by atoms with E-state index in [1.807, 2.05) is 30.1 Å². The van der Waals surface area contributed by atoms with Gasteiger partial charge in [-0.1, -0.05) is 11.6 Å². The maximum Gasteiger partial charge on any atom is 0.203 e.